The quantitative estimate of drug-likeness (QED) is 0.480. The van der Waals surface area contributed by atoms with Gasteiger partial charge in [-0.2, -0.15) is 4.39 Å². The molecule has 1 fully saturated rings. The van der Waals surface area contributed by atoms with Gasteiger partial charge in [0.1, 0.15) is 10.7 Å². The predicted octanol–water partition coefficient (Wildman–Crippen LogP) is 4.35. The molecule has 3 aromatic rings. The number of benzene rings is 2. The van der Waals surface area contributed by atoms with E-state index >= 15 is 4.39 Å². The van der Waals surface area contributed by atoms with Crippen LogP contribution in [0, 0.1) is 18.7 Å². The standard InChI is InChI=1S/C25H27F2N3O2S/c1-18-13-24(33(31,32)17-20-9-6-10-25(27)28-20)22(26)14-23(18)29(2)21-11-12-30(16-21)15-19-7-4-3-5-8-19/h3-10,13-14,21H,11-12,15-17H2,1-2H3/t21-/m0/s1. The van der Waals surface area contributed by atoms with Gasteiger partial charge < -0.3 is 4.90 Å². The first-order valence-electron chi connectivity index (χ1n) is 10.9. The highest BCUT2D eigenvalue weighted by Crippen LogP contribution is 2.30. The summed E-state index contributed by atoms with van der Waals surface area (Å²) in [7, 11) is -2.10. The van der Waals surface area contributed by atoms with E-state index in [1.54, 1.807) is 6.92 Å². The number of anilines is 1. The van der Waals surface area contributed by atoms with Crippen molar-refractivity contribution < 1.29 is 17.2 Å². The Hall–Kier alpha value is -2.84. The van der Waals surface area contributed by atoms with Gasteiger partial charge in [-0.3, -0.25) is 4.90 Å². The first-order valence-corrected chi connectivity index (χ1v) is 12.5. The second-order valence-electron chi connectivity index (χ2n) is 8.55. The maximum absolute atomic E-state index is 15.0. The molecule has 1 aliphatic heterocycles. The molecule has 2 aromatic carbocycles. The van der Waals surface area contributed by atoms with Gasteiger partial charge in [-0.05, 0) is 48.7 Å². The Balaban J connectivity index is 1.50. The summed E-state index contributed by atoms with van der Waals surface area (Å²) in [6, 6.07) is 17.1. The molecule has 0 bridgehead atoms. The number of pyridine rings is 1. The molecule has 0 radical (unpaired) electrons. The average molecular weight is 472 g/mol. The van der Waals surface area contributed by atoms with E-state index in [2.05, 4.69) is 22.0 Å². The summed E-state index contributed by atoms with van der Waals surface area (Å²) in [5.41, 5.74) is 2.64. The van der Waals surface area contributed by atoms with E-state index in [0.29, 0.717) is 11.3 Å². The highest BCUT2D eigenvalue weighted by molar-refractivity contribution is 7.90. The van der Waals surface area contributed by atoms with E-state index < -0.39 is 27.4 Å². The van der Waals surface area contributed by atoms with Crippen LogP contribution in [0.3, 0.4) is 0 Å². The Morgan fingerprint density at radius 2 is 1.85 bits per heavy atom. The van der Waals surface area contributed by atoms with Crippen LogP contribution in [-0.2, 0) is 22.1 Å². The Morgan fingerprint density at radius 3 is 2.58 bits per heavy atom. The van der Waals surface area contributed by atoms with Gasteiger partial charge in [0.25, 0.3) is 0 Å². The number of likely N-dealkylation sites (tertiary alicyclic amines) is 1. The third-order valence-electron chi connectivity index (χ3n) is 6.12. The van der Waals surface area contributed by atoms with E-state index in [1.165, 1.54) is 29.8 Å². The van der Waals surface area contributed by atoms with E-state index in [-0.39, 0.29) is 16.6 Å². The van der Waals surface area contributed by atoms with Gasteiger partial charge in [-0.15, -0.1) is 0 Å². The topological polar surface area (TPSA) is 53.5 Å². The molecule has 1 aromatic heterocycles. The lowest BCUT2D eigenvalue weighted by Crippen LogP contribution is -2.35. The van der Waals surface area contributed by atoms with Crippen LogP contribution in [0.5, 0.6) is 0 Å². The van der Waals surface area contributed by atoms with Crippen molar-refractivity contribution in [2.75, 3.05) is 25.0 Å². The van der Waals surface area contributed by atoms with Crippen molar-refractivity contribution in [2.24, 2.45) is 0 Å². The van der Waals surface area contributed by atoms with Gasteiger partial charge in [0.2, 0.25) is 5.95 Å². The van der Waals surface area contributed by atoms with Crippen LogP contribution < -0.4 is 4.90 Å². The number of rotatable bonds is 7. The molecule has 33 heavy (non-hydrogen) atoms. The Bertz CT molecular complexity index is 1240. The Labute approximate surface area is 193 Å². The predicted molar refractivity (Wildman–Crippen MR) is 125 cm³/mol. The number of aryl methyl sites for hydroxylation is 1. The molecule has 0 saturated carbocycles. The maximum Gasteiger partial charge on any atom is 0.213 e. The molecule has 1 saturated heterocycles. The third-order valence-corrected chi connectivity index (χ3v) is 7.78. The minimum absolute atomic E-state index is 0.0395. The summed E-state index contributed by atoms with van der Waals surface area (Å²) in [6.07, 6.45) is 0.940. The van der Waals surface area contributed by atoms with Crippen LogP contribution in [0.15, 0.2) is 65.6 Å². The summed E-state index contributed by atoms with van der Waals surface area (Å²) >= 11 is 0. The van der Waals surface area contributed by atoms with Gasteiger partial charge in [0, 0.05) is 38.4 Å². The molecule has 0 N–H and O–H groups in total. The monoisotopic (exact) mass is 471 g/mol. The highest BCUT2D eigenvalue weighted by atomic mass is 32.2. The zero-order chi connectivity index (χ0) is 23.6. The number of hydrogen-bond donors (Lipinski definition) is 0. The normalized spacial score (nSPS) is 16.8. The molecule has 8 heteroatoms. The molecule has 0 unspecified atom stereocenters. The molecular weight excluding hydrogens is 444 g/mol. The number of sulfone groups is 1. The van der Waals surface area contributed by atoms with Gasteiger partial charge in [-0.25, -0.2) is 17.8 Å². The number of nitrogens with zero attached hydrogens (tertiary/aromatic N) is 3. The second-order valence-corrected chi connectivity index (χ2v) is 10.5. The molecule has 0 aliphatic carbocycles. The molecular formula is C25H27F2N3O2S. The second kappa shape index (κ2) is 9.57. The number of aromatic nitrogens is 1. The van der Waals surface area contributed by atoms with Crippen molar-refractivity contribution in [3.63, 3.8) is 0 Å². The highest BCUT2D eigenvalue weighted by Gasteiger charge is 2.28. The average Bonchev–Trinajstić information content (AvgIpc) is 3.23. The van der Waals surface area contributed by atoms with Crippen molar-refractivity contribution in [3.05, 3.63) is 89.2 Å². The van der Waals surface area contributed by atoms with Gasteiger partial charge in [0.05, 0.1) is 11.4 Å². The maximum atomic E-state index is 15.0. The SMILES string of the molecule is Cc1cc(S(=O)(=O)Cc2cccc(F)n2)c(F)cc1N(C)[C@H]1CCN(Cc2ccccc2)C1. The molecule has 5 nitrogen and oxygen atoms in total. The Morgan fingerprint density at radius 1 is 1.09 bits per heavy atom. The lowest BCUT2D eigenvalue weighted by atomic mass is 10.1. The summed E-state index contributed by atoms with van der Waals surface area (Å²) in [6.45, 7) is 4.43. The van der Waals surface area contributed by atoms with Crippen LogP contribution in [0.1, 0.15) is 23.2 Å². The Kier molecular flexibility index (Phi) is 6.76. The molecule has 0 spiro atoms. The van der Waals surface area contributed by atoms with Crippen LogP contribution in [0.2, 0.25) is 0 Å². The van der Waals surface area contributed by atoms with Gasteiger partial charge in [-0.1, -0.05) is 36.4 Å². The zero-order valence-corrected chi connectivity index (χ0v) is 19.5. The van der Waals surface area contributed by atoms with Crippen molar-refractivity contribution in [2.45, 2.75) is 36.6 Å². The number of likely N-dealkylation sites (N-methyl/N-ethyl adjacent to an activating group) is 1. The van der Waals surface area contributed by atoms with Gasteiger partial charge >= 0.3 is 0 Å². The molecule has 1 atom stereocenters. The van der Waals surface area contributed by atoms with Crippen LogP contribution in [-0.4, -0.2) is 44.5 Å². The van der Waals surface area contributed by atoms with Crippen LogP contribution >= 0.6 is 0 Å². The first kappa shape index (κ1) is 23.3. The lowest BCUT2D eigenvalue weighted by molar-refractivity contribution is 0.326. The molecule has 4 rings (SSSR count). The van der Waals surface area contributed by atoms with Crippen LogP contribution in [0.25, 0.3) is 0 Å². The summed E-state index contributed by atoms with van der Waals surface area (Å²) in [5, 5.41) is 0. The molecule has 0 amide bonds. The smallest absolute Gasteiger partial charge is 0.213 e. The van der Waals surface area contributed by atoms with Gasteiger partial charge in [0.15, 0.2) is 9.84 Å². The fraction of sp³-hybridized carbons (Fsp3) is 0.320. The molecule has 174 valence electrons. The summed E-state index contributed by atoms with van der Waals surface area (Å²) in [4.78, 5) is 7.61. The van der Waals surface area contributed by atoms with Crippen molar-refractivity contribution in [1.29, 1.82) is 0 Å². The van der Waals surface area contributed by atoms with E-state index in [1.807, 2.05) is 30.1 Å². The molecule has 1 aliphatic rings. The molecule has 2 heterocycles. The van der Waals surface area contributed by atoms with Crippen LogP contribution in [0.4, 0.5) is 14.5 Å². The van der Waals surface area contributed by atoms with Crippen molar-refractivity contribution in [3.8, 4) is 0 Å². The fourth-order valence-electron chi connectivity index (χ4n) is 4.38. The zero-order valence-electron chi connectivity index (χ0n) is 18.7. The minimum atomic E-state index is -4.02. The van der Waals surface area contributed by atoms with Crippen molar-refractivity contribution >= 4 is 15.5 Å². The lowest BCUT2D eigenvalue weighted by Gasteiger charge is -2.29. The van der Waals surface area contributed by atoms with Crippen molar-refractivity contribution in [1.82, 2.24) is 9.88 Å². The summed E-state index contributed by atoms with van der Waals surface area (Å²) in [5.74, 6) is -2.14. The number of halogens is 2. The summed E-state index contributed by atoms with van der Waals surface area (Å²) < 4.78 is 54.0. The first-order chi connectivity index (χ1) is 15.7. The minimum Gasteiger partial charge on any atom is -0.370 e. The number of hydrogen-bond acceptors (Lipinski definition) is 5. The van der Waals surface area contributed by atoms with E-state index in [0.717, 1.165) is 32.1 Å². The largest absolute Gasteiger partial charge is 0.370 e. The van der Waals surface area contributed by atoms with E-state index in [4.69, 9.17) is 0 Å². The third kappa shape index (κ3) is 5.39. The van der Waals surface area contributed by atoms with E-state index in [9.17, 15) is 12.8 Å². The fourth-order valence-corrected chi connectivity index (χ4v) is 5.79.